The molecule has 1 amide bonds. The van der Waals surface area contributed by atoms with Crippen LogP contribution >= 0.6 is 0 Å². The summed E-state index contributed by atoms with van der Waals surface area (Å²) in [6.07, 6.45) is 1.38. The van der Waals surface area contributed by atoms with Crippen LogP contribution in [0.1, 0.15) is 16.1 Å². The number of aromatic nitrogens is 2. The first-order valence-corrected chi connectivity index (χ1v) is 8.26. The molecule has 0 bridgehead atoms. The standard InChI is InChI=1S/C17H20N6O3/c1-12-9-13(23(25)26)3-4-14(12)20-17(24)15-10-16(19-11-18-15)22-7-5-21(2)6-8-22/h3-4,9-11H,5-8H2,1-2H3,(H,20,24). The van der Waals surface area contributed by atoms with Crippen LogP contribution in [0.15, 0.2) is 30.6 Å². The number of carbonyl (C=O) groups excluding carboxylic acids is 1. The third-order valence-electron chi connectivity index (χ3n) is 4.38. The third-order valence-corrected chi connectivity index (χ3v) is 4.38. The van der Waals surface area contributed by atoms with Crippen LogP contribution in [0.3, 0.4) is 0 Å². The molecule has 26 heavy (non-hydrogen) atoms. The van der Waals surface area contributed by atoms with Gasteiger partial charge in [0.15, 0.2) is 0 Å². The van der Waals surface area contributed by atoms with Gasteiger partial charge < -0.3 is 15.1 Å². The second kappa shape index (κ2) is 7.44. The van der Waals surface area contributed by atoms with E-state index in [2.05, 4.69) is 32.1 Å². The molecule has 1 aromatic heterocycles. The van der Waals surface area contributed by atoms with Crippen LogP contribution in [0.2, 0.25) is 0 Å². The van der Waals surface area contributed by atoms with E-state index in [1.807, 2.05) is 0 Å². The molecule has 9 heteroatoms. The Bertz CT molecular complexity index is 833. The van der Waals surface area contributed by atoms with E-state index < -0.39 is 4.92 Å². The van der Waals surface area contributed by atoms with Crippen LogP contribution < -0.4 is 10.2 Å². The lowest BCUT2D eigenvalue weighted by Crippen LogP contribution is -2.44. The Labute approximate surface area is 150 Å². The number of aryl methyl sites for hydroxylation is 1. The van der Waals surface area contributed by atoms with Crippen LogP contribution in [-0.4, -0.2) is 58.9 Å². The molecule has 0 atom stereocenters. The van der Waals surface area contributed by atoms with Crippen molar-refractivity contribution in [1.29, 1.82) is 0 Å². The van der Waals surface area contributed by atoms with E-state index in [4.69, 9.17) is 0 Å². The summed E-state index contributed by atoms with van der Waals surface area (Å²) in [5.74, 6) is 0.346. The highest BCUT2D eigenvalue weighted by atomic mass is 16.6. The van der Waals surface area contributed by atoms with Crippen LogP contribution in [0, 0.1) is 17.0 Å². The van der Waals surface area contributed by atoms with Crippen LogP contribution in [-0.2, 0) is 0 Å². The number of benzene rings is 1. The second-order valence-electron chi connectivity index (χ2n) is 6.26. The van der Waals surface area contributed by atoms with Crippen molar-refractivity contribution in [1.82, 2.24) is 14.9 Å². The smallest absolute Gasteiger partial charge is 0.274 e. The van der Waals surface area contributed by atoms with Gasteiger partial charge in [0.25, 0.3) is 11.6 Å². The average molecular weight is 356 g/mol. The highest BCUT2D eigenvalue weighted by Crippen LogP contribution is 2.22. The molecule has 2 aromatic rings. The Balaban J connectivity index is 1.74. The van der Waals surface area contributed by atoms with Crippen molar-refractivity contribution < 1.29 is 9.72 Å². The first kappa shape index (κ1) is 17.7. The summed E-state index contributed by atoms with van der Waals surface area (Å²) in [6, 6.07) is 5.97. The van der Waals surface area contributed by atoms with Gasteiger partial charge in [0.1, 0.15) is 17.8 Å². The molecule has 0 unspecified atom stereocenters. The zero-order valence-corrected chi connectivity index (χ0v) is 14.7. The van der Waals surface area contributed by atoms with Gasteiger partial charge in [-0.1, -0.05) is 0 Å². The molecule has 1 saturated heterocycles. The zero-order valence-electron chi connectivity index (χ0n) is 14.7. The molecule has 1 aliphatic rings. The fraction of sp³-hybridized carbons (Fsp3) is 0.353. The normalized spacial score (nSPS) is 14.9. The maximum atomic E-state index is 12.5. The van der Waals surface area contributed by atoms with Crippen molar-refractivity contribution in [2.75, 3.05) is 43.4 Å². The van der Waals surface area contributed by atoms with Crippen molar-refractivity contribution in [3.63, 3.8) is 0 Å². The minimum Gasteiger partial charge on any atom is -0.354 e. The number of nitro benzene ring substituents is 1. The molecule has 1 aliphatic heterocycles. The van der Waals surface area contributed by atoms with Crippen molar-refractivity contribution in [3.8, 4) is 0 Å². The number of non-ortho nitro benzene ring substituents is 1. The lowest BCUT2D eigenvalue weighted by atomic mass is 10.1. The van der Waals surface area contributed by atoms with Crippen LogP contribution in [0.25, 0.3) is 0 Å². The van der Waals surface area contributed by atoms with E-state index in [9.17, 15) is 14.9 Å². The molecule has 136 valence electrons. The van der Waals surface area contributed by atoms with E-state index in [0.29, 0.717) is 11.3 Å². The Morgan fingerprint density at radius 3 is 2.58 bits per heavy atom. The summed E-state index contributed by atoms with van der Waals surface area (Å²) in [5, 5.41) is 13.6. The highest BCUT2D eigenvalue weighted by molar-refractivity contribution is 6.03. The first-order valence-electron chi connectivity index (χ1n) is 8.26. The maximum Gasteiger partial charge on any atom is 0.274 e. The van der Waals surface area contributed by atoms with Gasteiger partial charge in [-0.2, -0.15) is 0 Å². The largest absolute Gasteiger partial charge is 0.354 e. The summed E-state index contributed by atoms with van der Waals surface area (Å²) in [7, 11) is 2.07. The third kappa shape index (κ3) is 3.94. The van der Waals surface area contributed by atoms with Crippen molar-refractivity contribution in [2.45, 2.75) is 6.92 Å². The van der Waals surface area contributed by atoms with Gasteiger partial charge in [-0.25, -0.2) is 9.97 Å². The number of nitro groups is 1. The maximum absolute atomic E-state index is 12.5. The summed E-state index contributed by atoms with van der Waals surface area (Å²) in [6.45, 7) is 5.27. The molecular formula is C17H20N6O3. The quantitative estimate of drug-likeness (QED) is 0.656. The second-order valence-corrected chi connectivity index (χ2v) is 6.26. The molecule has 1 aromatic carbocycles. The van der Waals surface area contributed by atoms with Gasteiger partial charge in [-0.3, -0.25) is 14.9 Å². The molecule has 1 fully saturated rings. The Hall–Kier alpha value is -3.07. The van der Waals surface area contributed by atoms with E-state index in [0.717, 1.165) is 32.0 Å². The van der Waals surface area contributed by atoms with Gasteiger partial charge in [0.2, 0.25) is 0 Å². The molecular weight excluding hydrogens is 336 g/mol. The monoisotopic (exact) mass is 356 g/mol. The Morgan fingerprint density at radius 1 is 1.19 bits per heavy atom. The van der Waals surface area contributed by atoms with Gasteiger partial charge in [-0.05, 0) is 25.6 Å². The summed E-state index contributed by atoms with van der Waals surface area (Å²) in [4.78, 5) is 35.5. The van der Waals surface area contributed by atoms with E-state index >= 15 is 0 Å². The molecule has 9 nitrogen and oxygen atoms in total. The Morgan fingerprint density at radius 2 is 1.92 bits per heavy atom. The van der Waals surface area contributed by atoms with Gasteiger partial charge in [0.05, 0.1) is 4.92 Å². The number of rotatable bonds is 4. The summed E-state index contributed by atoms with van der Waals surface area (Å²) in [5.41, 5.74) is 1.37. The predicted molar refractivity (Wildman–Crippen MR) is 97.5 cm³/mol. The van der Waals surface area contributed by atoms with E-state index in [-0.39, 0.29) is 17.3 Å². The molecule has 0 spiro atoms. The summed E-state index contributed by atoms with van der Waals surface area (Å²) >= 11 is 0. The minimum absolute atomic E-state index is 0.0140. The average Bonchev–Trinajstić information content (AvgIpc) is 2.64. The number of amides is 1. The topological polar surface area (TPSA) is 104 Å². The predicted octanol–water partition coefficient (Wildman–Crippen LogP) is 1.70. The number of hydrogen-bond donors (Lipinski definition) is 1. The SMILES string of the molecule is Cc1cc([N+](=O)[O-])ccc1NC(=O)c1cc(N2CCN(C)CC2)ncn1. The van der Waals surface area contributed by atoms with Gasteiger partial charge in [0, 0.05) is 50.1 Å². The number of anilines is 2. The first-order chi connectivity index (χ1) is 12.4. The number of carbonyl (C=O) groups is 1. The molecule has 2 heterocycles. The molecule has 1 N–H and O–H groups in total. The fourth-order valence-electron chi connectivity index (χ4n) is 2.77. The lowest BCUT2D eigenvalue weighted by Gasteiger charge is -2.33. The van der Waals surface area contributed by atoms with Gasteiger partial charge >= 0.3 is 0 Å². The number of hydrogen-bond acceptors (Lipinski definition) is 7. The van der Waals surface area contributed by atoms with E-state index in [1.165, 1.54) is 24.5 Å². The number of nitrogens with zero attached hydrogens (tertiary/aromatic N) is 5. The lowest BCUT2D eigenvalue weighted by molar-refractivity contribution is -0.384. The molecule has 0 aliphatic carbocycles. The fourth-order valence-corrected chi connectivity index (χ4v) is 2.77. The Kier molecular flexibility index (Phi) is 5.08. The van der Waals surface area contributed by atoms with Crippen molar-refractivity contribution in [2.24, 2.45) is 0 Å². The minimum atomic E-state index is -0.467. The number of nitrogens with one attached hydrogen (secondary N) is 1. The molecule has 0 saturated carbocycles. The van der Waals surface area contributed by atoms with Crippen molar-refractivity contribution >= 4 is 23.1 Å². The van der Waals surface area contributed by atoms with E-state index in [1.54, 1.807) is 13.0 Å². The summed E-state index contributed by atoms with van der Waals surface area (Å²) < 4.78 is 0. The highest BCUT2D eigenvalue weighted by Gasteiger charge is 2.18. The molecule has 3 rings (SSSR count). The van der Waals surface area contributed by atoms with Crippen LogP contribution in [0.5, 0.6) is 0 Å². The number of likely N-dealkylation sites (N-methyl/N-ethyl adjacent to an activating group) is 1. The van der Waals surface area contributed by atoms with Gasteiger partial charge in [-0.15, -0.1) is 0 Å². The zero-order chi connectivity index (χ0) is 18.7. The van der Waals surface area contributed by atoms with Crippen LogP contribution in [0.4, 0.5) is 17.2 Å². The van der Waals surface area contributed by atoms with Crippen molar-refractivity contribution in [3.05, 3.63) is 52.0 Å². The number of piperazine rings is 1. The molecule has 0 radical (unpaired) electrons.